The van der Waals surface area contributed by atoms with Gasteiger partial charge in [0.2, 0.25) is 17.7 Å². The Morgan fingerprint density at radius 2 is 1.76 bits per heavy atom. The molecule has 3 N–H and O–H groups in total. The van der Waals surface area contributed by atoms with Crippen LogP contribution >= 0.6 is 0 Å². The lowest BCUT2D eigenvalue weighted by molar-refractivity contribution is -0.140. The Balaban J connectivity index is 1.48. The van der Waals surface area contributed by atoms with Gasteiger partial charge in [0.25, 0.3) is 0 Å². The summed E-state index contributed by atoms with van der Waals surface area (Å²) in [6.45, 7) is 3.16. The summed E-state index contributed by atoms with van der Waals surface area (Å²) in [6.07, 6.45) is 1.25. The number of benzene rings is 2. The van der Waals surface area contributed by atoms with E-state index in [1.54, 1.807) is 13.8 Å². The van der Waals surface area contributed by atoms with Crippen LogP contribution in [0.15, 0.2) is 48.5 Å². The Bertz CT molecular complexity index is 1110. The first-order valence-electron chi connectivity index (χ1n) is 11.0. The van der Waals surface area contributed by atoms with Crippen molar-refractivity contribution in [2.24, 2.45) is 0 Å². The van der Waals surface area contributed by atoms with E-state index in [0.717, 1.165) is 16.7 Å². The molecule has 8 heteroatoms. The van der Waals surface area contributed by atoms with E-state index in [-0.39, 0.29) is 18.7 Å². The highest BCUT2D eigenvalue weighted by atomic mass is 16.4. The molecule has 33 heavy (non-hydrogen) atoms. The molecule has 0 radical (unpaired) electrons. The molecule has 3 amide bonds. The van der Waals surface area contributed by atoms with Crippen molar-refractivity contribution in [3.63, 3.8) is 0 Å². The largest absolute Gasteiger partial charge is 0.480 e. The molecule has 2 aliphatic rings. The van der Waals surface area contributed by atoms with Crippen molar-refractivity contribution in [1.29, 1.82) is 0 Å². The first-order valence-corrected chi connectivity index (χ1v) is 11.0. The second kappa shape index (κ2) is 8.69. The molecule has 0 spiro atoms. The number of carboxylic acids is 1. The molecule has 0 aromatic heterocycles. The highest BCUT2D eigenvalue weighted by molar-refractivity contribution is 6.07. The molecule has 0 saturated carbocycles. The summed E-state index contributed by atoms with van der Waals surface area (Å²) in [6, 6.07) is 12.9. The molecule has 2 aromatic carbocycles. The number of anilines is 1. The van der Waals surface area contributed by atoms with Gasteiger partial charge in [-0.15, -0.1) is 0 Å². The fraction of sp³-hybridized carbons (Fsp3) is 0.360. The molecular weight excluding hydrogens is 422 g/mol. The number of para-hydroxylation sites is 1. The third kappa shape index (κ3) is 4.46. The van der Waals surface area contributed by atoms with E-state index in [2.05, 4.69) is 10.6 Å². The topological polar surface area (TPSA) is 116 Å². The fourth-order valence-corrected chi connectivity index (χ4v) is 4.53. The molecule has 2 heterocycles. The molecule has 8 nitrogen and oxygen atoms in total. The van der Waals surface area contributed by atoms with E-state index >= 15 is 0 Å². The summed E-state index contributed by atoms with van der Waals surface area (Å²) in [5, 5.41) is 15.2. The van der Waals surface area contributed by atoms with E-state index < -0.39 is 35.4 Å². The van der Waals surface area contributed by atoms with Crippen LogP contribution < -0.4 is 15.5 Å². The molecule has 0 saturated heterocycles. The number of nitrogens with one attached hydrogen (secondary N) is 2. The summed E-state index contributed by atoms with van der Waals surface area (Å²) in [5.41, 5.74) is 1.95. The molecule has 0 aliphatic carbocycles. The Morgan fingerprint density at radius 3 is 2.45 bits per heavy atom. The number of amides is 3. The van der Waals surface area contributed by atoms with E-state index in [1.807, 2.05) is 48.5 Å². The zero-order valence-corrected chi connectivity index (χ0v) is 18.6. The third-order valence-corrected chi connectivity index (χ3v) is 6.22. The summed E-state index contributed by atoms with van der Waals surface area (Å²) in [5.74, 6) is -2.33. The van der Waals surface area contributed by atoms with E-state index in [1.165, 1.54) is 4.90 Å². The van der Waals surface area contributed by atoms with Crippen LogP contribution in [-0.2, 0) is 38.4 Å². The quantitative estimate of drug-likeness (QED) is 0.620. The van der Waals surface area contributed by atoms with Crippen LogP contribution in [0, 0.1) is 0 Å². The monoisotopic (exact) mass is 449 g/mol. The van der Waals surface area contributed by atoms with Crippen molar-refractivity contribution in [1.82, 2.24) is 10.6 Å². The number of aryl methyl sites for hydroxylation is 1. The third-order valence-electron chi connectivity index (χ3n) is 6.22. The predicted octanol–water partition coefficient (Wildman–Crippen LogP) is 1.60. The number of hydrogen-bond acceptors (Lipinski definition) is 4. The van der Waals surface area contributed by atoms with Gasteiger partial charge in [-0.3, -0.25) is 19.3 Å². The van der Waals surface area contributed by atoms with Gasteiger partial charge in [-0.1, -0.05) is 48.5 Å². The van der Waals surface area contributed by atoms with Crippen LogP contribution in [0.3, 0.4) is 0 Å². The summed E-state index contributed by atoms with van der Waals surface area (Å²) in [4.78, 5) is 52.1. The molecule has 172 valence electrons. The minimum Gasteiger partial charge on any atom is -0.480 e. The SMILES string of the molecule is CC(C)(NC(=O)Cc1ccccc1)C(=O)N[C@H]1CCc2cccc3c2N(C1=O)[C@H](C(=O)O)C3. The minimum absolute atomic E-state index is 0.131. The molecule has 0 bridgehead atoms. The lowest BCUT2D eigenvalue weighted by atomic mass is 9.99. The number of nitrogens with zero attached hydrogens (tertiary/aromatic N) is 1. The summed E-state index contributed by atoms with van der Waals surface area (Å²) >= 11 is 0. The normalized spacial score (nSPS) is 19.5. The van der Waals surface area contributed by atoms with Crippen LogP contribution in [0.2, 0.25) is 0 Å². The number of carbonyl (C=O) groups excluding carboxylic acids is 3. The van der Waals surface area contributed by atoms with Gasteiger partial charge in [0.05, 0.1) is 12.1 Å². The molecular formula is C25H27N3O5. The highest BCUT2D eigenvalue weighted by Crippen LogP contribution is 2.39. The number of rotatable bonds is 6. The van der Waals surface area contributed by atoms with Gasteiger partial charge in [0, 0.05) is 6.42 Å². The highest BCUT2D eigenvalue weighted by Gasteiger charge is 2.44. The van der Waals surface area contributed by atoms with Gasteiger partial charge in [0.1, 0.15) is 17.6 Å². The van der Waals surface area contributed by atoms with Crippen molar-refractivity contribution < 1.29 is 24.3 Å². The average molecular weight is 450 g/mol. The number of aliphatic carboxylic acids is 1. The zero-order chi connectivity index (χ0) is 23.8. The van der Waals surface area contributed by atoms with Crippen LogP contribution in [0.1, 0.15) is 37.0 Å². The molecule has 0 fully saturated rings. The maximum absolute atomic E-state index is 13.4. The fourth-order valence-electron chi connectivity index (χ4n) is 4.53. The molecule has 4 rings (SSSR count). The van der Waals surface area contributed by atoms with Crippen molar-refractivity contribution in [2.75, 3.05) is 4.90 Å². The van der Waals surface area contributed by atoms with Gasteiger partial charge >= 0.3 is 5.97 Å². The minimum atomic E-state index is -1.26. The van der Waals surface area contributed by atoms with Gasteiger partial charge in [0.15, 0.2) is 0 Å². The average Bonchev–Trinajstić information content (AvgIpc) is 3.10. The van der Waals surface area contributed by atoms with Gasteiger partial charge in [-0.25, -0.2) is 4.79 Å². The Labute approximate surface area is 192 Å². The van der Waals surface area contributed by atoms with E-state index in [9.17, 15) is 24.3 Å². The smallest absolute Gasteiger partial charge is 0.327 e. The van der Waals surface area contributed by atoms with Crippen molar-refractivity contribution in [3.05, 3.63) is 65.2 Å². The molecule has 2 atom stereocenters. The Kier molecular flexibility index (Phi) is 5.93. The predicted molar refractivity (Wildman–Crippen MR) is 122 cm³/mol. The van der Waals surface area contributed by atoms with E-state index in [0.29, 0.717) is 18.5 Å². The first kappa shape index (κ1) is 22.5. The van der Waals surface area contributed by atoms with Crippen LogP contribution in [-0.4, -0.2) is 46.4 Å². The Morgan fingerprint density at radius 1 is 1.06 bits per heavy atom. The second-order valence-electron chi connectivity index (χ2n) is 9.09. The lowest BCUT2D eigenvalue weighted by Crippen LogP contribution is -2.60. The number of hydrogen-bond donors (Lipinski definition) is 3. The number of carboxylic acid groups (broad SMARTS) is 1. The van der Waals surface area contributed by atoms with Crippen LogP contribution in [0.4, 0.5) is 5.69 Å². The van der Waals surface area contributed by atoms with Crippen molar-refractivity contribution >= 4 is 29.4 Å². The number of carbonyl (C=O) groups is 4. The Hall–Kier alpha value is -3.68. The van der Waals surface area contributed by atoms with E-state index in [4.69, 9.17) is 0 Å². The standard InChI is InChI=1S/C25H27N3O5/c1-25(2,27-20(29)13-15-7-4-3-5-8-15)24(33)26-18-12-11-16-9-6-10-17-14-19(23(31)32)28(21(16)17)22(18)30/h3-10,18-19H,11-14H2,1-2H3,(H,26,33)(H,27,29)(H,31,32)/t18-,19-/m0/s1. The second-order valence-corrected chi connectivity index (χ2v) is 9.09. The molecule has 2 aromatic rings. The van der Waals surface area contributed by atoms with Gasteiger partial charge < -0.3 is 15.7 Å². The summed E-state index contributed by atoms with van der Waals surface area (Å²) < 4.78 is 0. The maximum atomic E-state index is 13.4. The van der Waals surface area contributed by atoms with Crippen LogP contribution in [0.5, 0.6) is 0 Å². The lowest BCUT2D eigenvalue weighted by Gasteiger charge is -2.30. The maximum Gasteiger partial charge on any atom is 0.327 e. The van der Waals surface area contributed by atoms with Crippen LogP contribution in [0.25, 0.3) is 0 Å². The first-order chi connectivity index (χ1) is 15.7. The molecule has 0 unspecified atom stereocenters. The van der Waals surface area contributed by atoms with Gasteiger partial charge in [-0.2, -0.15) is 0 Å². The molecule has 2 aliphatic heterocycles. The summed E-state index contributed by atoms with van der Waals surface area (Å²) in [7, 11) is 0. The van der Waals surface area contributed by atoms with Crippen molar-refractivity contribution in [2.45, 2.75) is 57.2 Å². The van der Waals surface area contributed by atoms with Crippen molar-refractivity contribution in [3.8, 4) is 0 Å². The zero-order valence-electron chi connectivity index (χ0n) is 18.6. The van der Waals surface area contributed by atoms with Gasteiger partial charge in [-0.05, 0) is 43.4 Å².